The molecule has 0 saturated carbocycles. The molecule has 9 N–H and O–H groups in total. The van der Waals surface area contributed by atoms with Crippen LogP contribution in [0.25, 0.3) is 0 Å². The van der Waals surface area contributed by atoms with Crippen molar-refractivity contribution in [2.24, 2.45) is 0 Å². The highest BCUT2D eigenvalue weighted by molar-refractivity contribution is 5.85. The molecule has 4 heterocycles. The molecular weight excluding hydrogens is 844 g/mol. The third-order valence-electron chi connectivity index (χ3n) is 11.5. The number of aliphatic hydroxyl groups is 9. The van der Waals surface area contributed by atoms with Gasteiger partial charge in [-0.1, -0.05) is 41.0 Å². The average Bonchev–Trinajstić information content (AvgIpc) is 3.67. The fourth-order valence-corrected chi connectivity index (χ4v) is 7.61. The lowest BCUT2D eigenvalue weighted by Crippen LogP contribution is -2.67. The minimum atomic E-state index is -1.94. The van der Waals surface area contributed by atoms with Crippen molar-refractivity contribution in [3.8, 4) is 0 Å². The Morgan fingerprint density at radius 3 is 1.75 bits per heavy atom. The van der Waals surface area contributed by atoms with E-state index in [0.29, 0.717) is 25.9 Å². The predicted molar refractivity (Wildman–Crippen MR) is 226 cm³/mol. The van der Waals surface area contributed by atoms with Crippen molar-refractivity contribution in [1.82, 2.24) is 0 Å². The second-order valence-electron chi connectivity index (χ2n) is 17.1. The molecule has 4 aliphatic rings. The molecule has 0 amide bonds. The molecule has 0 aromatic rings. The van der Waals surface area contributed by atoms with E-state index in [0.717, 1.165) is 55.7 Å². The summed E-state index contributed by atoms with van der Waals surface area (Å²) in [5.41, 5.74) is 5.50. The molecule has 3 fully saturated rings. The second-order valence-corrected chi connectivity index (χ2v) is 17.1. The van der Waals surface area contributed by atoms with Crippen LogP contribution in [0.4, 0.5) is 0 Å². The minimum Gasteiger partial charge on any atom is -0.463 e. The highest BCUT2D eigenvalue weighted by atomic mass is 16.8. The summed E-state index contributed by atoms with van der Waals surface area (Å²) in [6.07, 6.45) is -9.18. The Morgan fingerprint density at radius 2 is 1.17 bits per heavy atom. The first-order valence-corrected chi connectivity index (χ1v) is 21.9. The van der Waals surface area contributed by atoms with E-state index in [9.17, 15) is 55.5 Å². The second kappa shape index (κ2) is 26.4. The van der Waals surface area contributed by atoms with E-state index in [4.69, 9.17) is 37.9 Å². The summed E-state index contributed by atoms with van der Waals surface area (Å²) < 4.78 is 45.4. The molecule has 4 rings (SSSR count). The number of carbonyl (C=O) groups excluding carboxylic acids is 2. The molecule has 19 heteroatoms. The van der Waals surface area contributed by atoms with Gasteiger partial charge in [-0.15, -0.1) is 0 Å². The van der Waals surface area contributed by atoms with Gasteiger partial charge in [-0.25, -0.2) is 4.79 Å². The molecule has 0 aliphatic carbocycles. The van der Waals surface area contributed by atoms with E-state index >= 15 is 0 Å². The van der Waals surface area contributed by atoms with Crippen LogP contribution in [0.3, 0.4) is 0 Å². The Morgan fingerprint density at radius 1 is 0.641 bits per heavy atom. The van der Waals surface area contributed by atoms with E-state index in [1.165, 1.54) is 11.1 Å². The molecule has 15 atom stereocenters. The van der Waals surface area contributed by atoms with Crippen LogP contribution in [0.5, 0.6) is 0 Å². The van der Waals surface area contributed by atoms with Gasteiger partial charge >= 0.3 is 11.9 Å². The fourth-order valence-electron chi connectivity index (χ4n) is 7.61. The van der Waals surface area contributed by atoms with Crippen LogP contribution in [0.15, 0.2) is 58.2 Å². The van der Waals surface area contributed by atoms with Gasteiger partial charge in [-0.2, -0.15) is 0 Å². The maximum Gasteiger partial charge on any atom is 0.331 e. The van der Waals surface area contributed by atoms with Gasteiger partial charge in [0.1, 0.15) is 86.5 Å². The topological polar surface area (TPSA) is 290 Å². The SMILES string of the molecule is CC(=O)OC[C@H]1O[C@@H](O[C@H]2[C@H](O[C@H]3[C@H](OC/C(=C\CC/C(C)=C/CC/C(C)=C/CCC4=CC(=O)OC4)CCC=C(C)C)O[C@H](CO)[C@@H](O)[C@@H]3O)O[C@H](CO)[C@@H](O)[C@@H]2O)[C@H](O)[C@@H](O)[C@@H]1O. The smallest absolute Gasteiger partial charge is 0.331 e. The molecular formula is C45H70O19. The van der Waals surface area contributed by atoms with Gasteiger partial charge in [0.05, 0.1) is 19.8 Å². The van der Waals surface area contributed by atoms with Crippen molar-refractivity contribution < 1.29 is 93.4 Å². The molecule has 0 unspecified atom stereocenters. The zero-order chi connectivity index (χ0) is 47.1. The van der Waals surface area contributed by atoms with Crippen LogP contribution in [0.1, 0.15) is 86.0 Å². The molecule has 0 aromatic heterocycles. The summed E-state index contributed by atoms with van der Waals surface area (Å²) in [6, 6.07) is 0. The summed E-state index contributed by atoms with van der Waals surface area (Å²) in [6.45, 7) is 7.55. The molecule has 3 saturated heterocycles. The van der Waals surface area contributed by atoms with Crippen molar-refractivity contribution in [1.29, 1.82) is 0 Å². The zero-order valence-corrected chi connectivity index (χ0v) is 37.3. The summed E-state index contributed by atoms with van der Waals surface area (Å²) in [4.78, 5) is 22.7. The van der Waals surface area contributed by atoms with E-state index in [1.54, 1.807) is 6.08 Å². The maximum atomic E-state index is 11.4. The Bertz CT molecular complexity index is 1640. The number of carbonyl (C=O) groups is 2. The normalized spacial score (nSPS) is 35.2. The Labute approximate surface area is 374 Å². The highest BCUT2D eigenvalue weighted by Gasteiger charge is 2.54. The number of aliphatic hydroxyl groups excluding tert-OH is 9. The van der Waals surface area contributed by atoms with Gasteiger partial charge < -0.3 is 83.9 Å². The lowest BCUT2D eigenvalue weighted by Gasteiger charge is -2.48. The zero-order valence-electron chi connectivity index (χ0n) is 37.3. The third kappa shape index (κ3) is 15.8. The molecule has 4 aliphatic heterocycles. The number of allylic oxidation sites excluding steroid dienone is 7. The van der Waals surface area contributed by atoms with Crippen molar-refractivity contribution >= 4 is 11.9 Å². The summed E-state index contributed by atoms with van der Waals surface area (Å²) >= 11 is 0. The van der Waals surface area contributed by atoms with Crippen LogP contribution < -0.4 is 0 Å². The first kappa shape index (κ1) is 53.7. The molecule has 19 nitrogen and oxygen atoms in total. The van der Waals surface area contributed by atoms with Gasteiger partial charge in [0.2, 0.25) is 0 Å². The van der Waals surface area contributed by atoms with Gasteiger partial charge in [0.25, 0.3) is 0 Å². The lowest BCUT2D eigenvalue weighted by molar-refractivity contribution is -0.393. The number of hydrogen-bond donors (Lipinski definition) is 9. The summed E-state index contributed by atoms with van der Waals surface area (Å²) in [7, 11) is 0. The Kier molecular flexibility index (Phi) is 22.1. The van der Waals surface area contributed by atoms with Gasteiger partial charge in [0, 0.05) is 13.0 Å². The first-order chi connectivity index (χ1) is 30.4. The number of esters is 2. The van der Waals surface area contributed by atoms with E-state index in [1.807, 2.05) is 13.8 Å². The fraction of sp³-hybridized carbons (Fsp3) is 0.733. The molecule has 64 heavy (non-hydrogen) atoms. The van der Waals surface area contributed by atoms with Gasteiger partial charge in [0.15, 0.2) is 18.9 Å². The minimum absolute atomic E-state index is 0.0237. The number of rotatable bonds is 23. The molecule has 364 valence electrons. The largest absolute Gasteiger partial charge is 0.463 e. The van der Waals surface area contributed by atoms with Crippen molar-refractivity contribution in [3.63, 3.8) is 0 Å². The lowest BCUT2D eigenvalue weighted by atomic mass is 9.96. The molecule has 0 bridgehead atoms. The van der Waals surface area contributed by atoms with E-state index in [2.05, 4.69) is 38.2 Å². The van der Waals surface area contributed by atoms with Crippen LogP contribution in [0, 0.1) is 0 Å². The Balaban J connectivity index is 1.47. The van der Waals surface area contributed by atoms with Crippen molar-refractivity contribution in [2.75, 3.05) is 33.0 Å². The number of ether oxygens (including phenoxy) is 8. The van der Waals surface area contributed by atoms with Gasteiger partial charge in [-0.05, 0) is 90.2 Å². The van der Waals surface area contributed by atoms with E-state index in [-0.39, 0.29) is 12.6 Å². The van der Waals surface area contributed by atoms with Crippen LogP contribution in [0.2, 0.25) is 0 Å². The number of cyclic esters (lactones) is 1. The van der Waals surface area contributed by atoms with Crippen LogP contribution in [-0.2, 0) is 47.5 Å². The van der Waals surface area contributed by atoms with Gasteiger partial charge in [-0.3, -0.25) is 4.79 Å². The van der Waals surface area contributed by atoms with Crippen LogP contribution >= 0.6 is 0 Å². The highest BCUT2D eigenvalue weighted by Crippen LogP contribution is 2.34. The maximum absolute atomic E-state index is 11.4. The quantitative estimate of drug-likeness (QED) is 0.0496. The van der Waals surface area contributed by atoms with E-state index < -0.39 is 118 Å². The average molecular weight is 915 g/mol. The molecule has 0 aromatic carbocycles. The summed E-state index contributed by atoms with van der Waals surface area (Å²) in [5, 5.41) is 96.2. The third-order valence-corrected chi connectivity index (χ3v) is 11.5. The van der Waals surface area contributed by atoms with Crippen molar-refractivity contribution in [2.45, 2.75) is 178 Å². The molecule has 0 spiro atoms. The van der Waals surface area contributed by atoms with Crippen LogP contribution in [-0.4, -0.2) is 183 Å². The molecule has 0 radical (unpaired) electrons. The predicted octanol–water partition coefficient (Wildman–Crippen LogP) is 0.411. The Hall–Kier alpha value is -2.96. The summed E-state index contributed by atoms with van der Waals surface area (Å²) in [5.74, 6) is -1.00. The van der Waals surface area contributed by atoms with Crippen molar-refractivity contribution in [3.05, 3.63) is 58.2 Å². The number of hydrogen-bond acceptors (Lipinski definition) is 19. The monoisotopic (exact) mass is 914 g/mol. The standard InChI is InChI=1S/C45H70O19/c1-24(2)10-6-15-28(16-8-13-25(3)11-7-12-26(4)14-9-17-29-18-33(49)58-22-29)21-59-44-41(38(54)34(50)30(19-46)60-44)64-45-42(39(55)35(51)31(20-47)61-45)63-43-40(56)37(53)36(52)32(62-43)23-57-27(5)48/h10-11,14,16,18,30-32,34-47,50-56H,6-9,12-13,15,17,19-23H2,1-5H3/b25-11+,26-14+,28-16-/t30-,31-,32-,34-,35-,36-,37+,38+,39+,40-,41-,42-,43+,44-,45+/m1/s1. The first-order valence-electron chi connectivity index (χ1n) is 21.9.